The van der Waals surface area contributed by atoms with E-state index >= 15 is 0 Å². The van der Waals surface area contributed by atoms with E-state index in [0.29, 0.717) is 11.3 Å². The summed E-state index contributed by atoms with van der Waals surface area (Å²) < 4.78 is 3.29. The first-order chi connectivity index (χ1) is 13.1. The number of carbonyl (C=O) groups excluding carboxylic acids is 2. The molecule has 28 heavy (non-hydrogen) atoms. The lowest BCUT2D eigenvalue weighted by atomic mass is 10.1. The molecule has 0 fully saturated rings. The van der Waals surface area contributed by atoms with E-state index in [4.69, 9.17) is 0 Å². The van der Waals surface area contributed by atoms with E-state index in [2.05, 4.69) is 5.32 Å². The lowest BCUT2D eigenvalue weighted by Crippen LogP contribution is -2.48. The van der Waals surface area contributed by atoms with E-state index in [9.17, 15) is 14.4 Å². The summed E-state index contributed by atoms with van der Waals surface area (Å²) in [5.41, 5.74) is 1.54. The molecule has 2 aromatic rings. The predicted octanol–water partition coefficient (Wildman–Crippen LogP) is 0.680. The number of rotatable bonds is 6. The summed E-state index contributed by atoms with van der Waals surface area (Å²) in [5, 5.41) is 2.73. The molecule has 8 nitrogen and oxygen atoms in total. The van der Waals surface area contributed by atoms with Crippen LogP contribution in [0.1, 0.15) is 24.2 Å². The fourth-order valence-electron chi connectivity index (χ4n) is 3.27. The van der Waals surface area contributed by atoms with Gasteiger partial charge in [-0.05, 0) is 40.1 Å². The Hall–Kier alpha value is -2.87. The van der Waals surface area contributed by atoms with E-state index in [1.807, 2.05) is 37.3 Å². The second-order valence-electron chi connectivity index (χ2n) is 7.30. The van der Waals surface area contributed by atoms with Gasteiger partial charge >= 0.3 is 0 Å². The predicted molar refractivity (Wildman–Crippen MR) is 108 cm³/mol. The molecule has 0 radical (unpaired) electrons. The molecule has 0 aliphatic carbocycles. The topological polar surface area (TPSA) is 79.6 Å². The highest BCUT2D eigenvalue weighted by Crippen LogP contribution is 2.21. The van der Waals surface area contributed by atoms with E-state index in [1.165, 1.54) is 4.90 Å². The molecule has 0 saturated heterocycles. The van der Waals surface area contributed by atoms with Gasteiger partial charge in [-0.2, -0.15) is 0 Å². The molecule has 1 aromatic carbocycles. The Balaban J connectivity index is 2.49. The maximum Gasteiger partial charge on any atom is 0.276 e. The minimum atomic E-state index is -0.818. The summed E-state index contributed by atoms with van der Waals surface area (Å²) in [5.74, 6) is -0.601. The molecule has 2 rings (SSSR count). The SMILES string of the molecule is Cc1c(C(C(=O)NC(C)C(=O)N(C)C)N(C)C)c(=O)n(-c2ccccc2)n1C. The van der Waals surface area contributed by atoms with Crippen LogP contribution in [0.2, 0.25) is 0 Å². The van der Waals surface area contributed by atoms with Crippen molar-refractivity contribution in [1.29, 1.82) is 0 Å². The van der Waals surface area contributed by atoms with Gasteiger partial charge in [0.25, 0.3) is 5.56 Å². The molecule has 2 atom stereocenters. The highest BCUT2D eigenvalue weighted by Gasteiger charge is 2.32. The number of para-hydroxylation sites is 1. The van der Waals surface area contributed by atoms with Gasteiger partial charge in [0.2, 0.25) is 11.8 Å². The molecular formula is C20H29N5O3. The second kappa shape index (κ2) is 8.43. The van der Waals surface area contributed by atoms with Crippen LogP contribution in [0.4, 0.5) is 0 Å². The number of carbonyl (C=O) groups is 2. The van der Waals surface area contributed by atoms with Crippen LogP contribution in [0.25, 0.3) is 5.69 Å². The number of nitrogens with one attached hydrogen (secondary N) is 1. The lowest BCUT2D eigenvalue weighted by molar-refractivity contribution is -0.135. The molecule has 1 aromatic heterocycles. The number of hydrogen-bond donors (Lipinski definition) is 1. The Labute approximate surface area is 165 Å². The molecule has 1 heterocycles. The number of hydrogen-bond acceptors (Lipinski definition) is 4. The molecule has 0 saturated carbocycles. The fourth-order valence-corrected chi connectivity index (χ4v) is 3.27. The quantitative estimate of drug-likeness (QED) is 0.791. The average Bonchev–Trinajstić information content (AvgIpc) is 2.85. The summed E-state index contributed by atoms with van der Waals surface area (Å²) >= 11 is 0. The van der Waals surface area contributed by atoms with E-state index in [-0.39, 0.29) is 11.5 Å². The normalized spacial score (nSPS) is 13.3. The van der Waals surface area contributed by atoms with Crippen LogP contribution >= 0.6 is 0 Å². The van der Waals surface area contributed by atoms with Crippen molar-refractivity contribution in [1.82, 2.24) is 24.5 Å². The van der Waals surface area contributed by atoms with Crippen molar-refractivity contribution in [2.45, 2.75) is 25.9 Å². The number of aromatic nitrogens is 2. The number of amides is 2. The molecule has 8 heteroatoms. The molecule has 152 valence electrons. The number of likely N-dealkylation sites (N-methyl/N-ethyl adjacent to an activating group) is 2. The summed E-state index contributed by atoms with van der Waals surface area (Å²) in [7, 11) is 8.53. The zero-order valence-electron chi connectivity index (χ0n) is 17.6. The Bertz CT molecular complexity index is 912. The van der Waals surface area contributed by atoms with Gasteiger partial charge in [0.15, 0.2) is 0 Å². The van der Waals surface area contributed by atoms with Gasteiger partial charge < -0.3 is 10.2 Å². The first-order valence-electron chi connectivity index (χ1n) is 9.09. The minimum Gasteiger partial charge on any atom is -0.347 e. The molecular weight excluding hydrogens is 358 g/mol. The largest absolute Gasteiger partial charge is 0.347 e. The van der Waals surface area contributed by atoms with Crippen molar-refractivity contribution in [2.24, 2.45) is 7.05 Å². The van der Waals surface area contributed by atoms with Gasteiger partial charge in [-0.1, -0.05) is 18.2 Å². The molecule has 2 unspecified atom stereocenters. The summed E-state index contributed by atoms with van der Waals surface area (Å²) in [6.07, 6.45) is 0. The first kappa shape index (κ1) is 21.4. The van der Waals surface area contributed by atoms with Crippen LogP contribution in [0, 0.1) is 6.92 Å². The van der Waals surface area contributed by atoms with E-state index in [1.54, 1.807) is 56.4 Å². The van der Waals surface area contributed by atoms with Crippen molar-refractivity contribution < 1.29 is 9.59 Å². The molecule has 0 aliphatic rings. The van der Waals surface area contributed by atoms with Crippen molar-refractivity contribution >= 4 is 11.8 Å². The first-order valence-corrected chi connectivity index (χ1v) is 9.09. The zero-order valence-corrected chi connectivity index (χ0v) is 17.6. The highest BCUT2D eigenvalue weighted by molar-refractivity contribution is 5.90. The number of nitrogens with zero attached hydrogens (tertiary/aromatic N) is 4. The van der Waals surface area contributed by atoms with Crippen molar-refractivity contribution in [3.8, 4) is 5.69 Å². The maximum atomic E-state index is 13.2. The summed E-state index contributed by atoms with van der Waals surface area (Å²) in [6.45, 7) is 3.45. The smallest absolute Gasteiger partial charge is 0.276 e. The van der Waals surface area contributed by atoms with Gasteiger partial charge in [0.05, 0.1) is 11.3 Å². The van der Waals surface area contributed by atoms with Crippen LogP contribution in [0.5, 0.6) is 0 Å². The molecule has 0 aliphatic heterocycles. The van der Waals surface area contributed by atoms with Crippen LogP contribution in [-0.4, -0.2) is 65.2 Å². The monoisotopic (exact) mass is 387 g/mol. The minimum absolute atomic E-state index is 0.211. The van der Waals surface area contributed by atoms with Crippen LogP contribution in [0.3, 0.4) is 0 Å². The van der Waals surface area contributed by atoms with Gasteiger partial charge in [0.1, 0.15) is 12.1 Å². The summed E-state index contributed by atoms with van der Waals surface area (Å²) in [4.78, 5) is 41.5. The Kier molecular flexibility index (Phi) is 6.45. The van der Waals surface area contributed by atoms with Gasteiger partial charge in [-0.3, -0.25) is 24.0 Å². The van der Waals surface area contributed by atoms with Crippen LogP contribution < -0.4 is 10.9 Å². The standard InChI is InChI=1S/C20H29N5O3/c1-13(19(27)23(5)6)21-18(26)17(22(3)4)16-14(2)24(7)25(20(16)28)15-11-9-8-10-12-15/h8-13,17H,1-7H3,(H,21,26). The highest BCUT2D eigenvalue weighted by atomic mass is 16.2. The summed E-state index contributed by atoms with van der Waals surface area (Å²) in [6, 6.07) is 7.76. The Morgan fingerprint density at radius 1 is 1.07 bits per heavy atom. The Morgan fingerprint density at radius 3 is 2.14 bits per heavy atom. The average molecular weight is 387 g/mol. The second-order valence-corrected chi connectivity index (χ2v) is 7.30. The van der Waals surface area contributed by atoms with Crippen LogP contribution in [-0.2, 0) is 16.6 Å². The van der Waals surface area contributed by atoms with Crippen molar-refractivity contribution in [3.05, 3.63) is 51.9 Å². The van der Waals surface area contributed by atoms with E-state index < -0.39 is 18.0 Å². The third-order valence-corrected chi connectivity index (χ3v) is 4.81. The molecule has 0 bridgehead atoms. The van der Waals surface area contributed by atoms with Crippen molar-refractivity contribution in [3.63, 3.8) is 0 Å². The molecule has 0 spiro atoms. The van der Waals surface area contributed by atoms with E-state index in [0.717, 1.165) is 5.69 Å². The number of benzene rings is 1. The van der Waals surface area contributed by atoms with Crippen LogP contribution in [0.15, 0.2) is 35.1 Å². The maximum absolute atomic E-state index is 13.2. The lowest BCUT2D eigenvalue weighted by Gasteiger charge is -2.25. The third-order valence-electron chi connectivity index (χ3n) is 4.81. The van der Waals surface area contributed by atoms with Crippen molar-refractivity contribution in [2.75, 3.05) is 28.2 Å². The van der Waals surface area contributed by atoms with Gasteiger partial charge in [-0.25, -0.2) is 4.68 Å². The van der Waals surface area contributed by atoms with Gasteiger partial charge in [0, 0.05) is 26.8 Å². The fraction of sp³-hybridized carbons (Fsp3) is 0.450. The molecule has 1 N–H and O–H groups in total. The van der Waals surface area contributed by atoms with Gasteiger partial charge in [-0.15, -0.1) is 0 Å². The Morgan fingerprint density at radius 2 is 1.64 bits per heavy atom. The third kappa shape index (κ3) is 4.01. The zero-order chi connectivity index (χ0) is 21.2. The molecule has 2 amide bonds.